The Morgan fingerprint density at radius 1 is 0.944 bits per heavy atom. The number of nitrogens with two attached hydrogens (primary N) is 1. The Kier molecular flexibility index (Phi) is 6.61. The number of carbonyl (C=O) groups excluding carboxylic acids is 1. The van der Waals surface area contributed by atoms with Crippen LogP contribution in [0.3, 0.4) is 0 Å². The number of benzene rings is 3. The van der Waals surface area contributed by atoms with Crippen molar-refractivity contribution in [2.45, 2.75) is 9.59 Å². The second-order valence-electron chi connectivity index (χ2n) is 7.76. The normalized spacial score (nSPS) is 11.8. The molecule has 4 N–H and O–H groups in total. The number of thioether (sulfide) groups is 1. The van der Waals surface area contributed by atoms with Crippen LogP contribution >= 0.6 is 23.1 Å². The van der Waals surface area contributed by atoms with Crippen molar-refractivity contribution in [2.75, 3.05) is 11.1 Å². The largest absolute Gasteiger partial charge is 0.478 e. The summed E-state index contributed by atoms with van der Waals surface area (Å²) in [6, 6.07) is 25.2. The first-order chi connectivity index (χ1) is 17.5. The highest BCUT2D eigenvalue weighted by Crippen LogP contribution is 2.38. The van der Waals surface area contributed by atoms with E-state index in [9.17, 15) is 14.7 Å². The van der Waals surface area contributed by atoms with E-state index in [1.54, 1.807) is 48.5 Å². The third-order valence-electron chi connectivity index (χ3n) is 5.38. The van der Waals surface area contributed by atoms with Crippen molar-refractivity contribution in [2.24, 2.45) is 0 Å². The van der Waals surface area contributed by atoms with Gasteiger partial charge in [-0.15, -0.1) is 10.2 Å². The van der Waals surface area contributed by atoms with Gasteiger partial charge in [-0.3, -0.25) is 4.79 Å². The number of carboxylic acids is 1. The summed E-state index contributed by atoms with van der Waals surface area (Å²) >= 11 is 2.51. The quantitative estimate of drug-likeness (QED) is 0.243. The summed E-state index contributed by atoms with van der Waals surface area (Å²) in [5, 5.41) is 20.8. The van der Waals surface area contributed by atoms with E-state index in [0.29, 0.717) is 31.8 Å². The highest BCUT2D eigenvalue weighted by molar-refractivity contribution is 8.02. The number of hydrogen-bond donors (Lipinski definition) is 3. The second kappa shape index (κ2) is 10.1. The predicted octanol–water partition coefficient (Wildman–Crippen LogP) is 5.51. The Bertz CT molecular complexity index is 1560. The topological polar surface area (TPSA) is 131 Å². The van der Waals surface area contributed by atoms with Crippen molar-refractivity contribution in [3.8, 4) is 11.3 Å². The van der Waals surface area contributed by atoms with Crippen LogP contribution in [-0.2, 0) is 4.79 Å². The van der Waals surface area contributed by atoms with Gasteiger partial charge in [0.15, 0.2) is 4.34 Å². The summed E-state index contributed by atoms with van der Waals surface area (Å²) in [4.78, 5) is 29.7. The number of fused-ring (bicyclic) bond motifs is 1. The SMILES string of the molecule is Nc1nnc(SC(C(=O)Nc2ccc(-c3cc(C(=O)O)c4ccccc4n3)cc2)c2ccccc2)s1. The van der Waals surface area contributed by atoms with Crippen LogP contribution in [0.4, 0.5) is 10.8 Å². The third kappa shape index (κ3) is 5.04. The zero-order valence-electron chi connectivity index (χ0n) is 18.7. The van der Waals surface area contributed by atoms with Gasteiger partial charge in [0.1, 0.15) is 5.25 Å². The summed E-state index contributed by atoms with van der Waals surface area (Å²) in [5.41, 5.74) is 9.19. The van der Waals surface area contributed by atoms with Gasteiger partial charge in [-0.2, -0.15) is 0 Å². The lowest BCUT2D eigenvalue weighted by Crippen LogP contribution is -2.19. The fourth-order valence-corrected chi connectivity index (χ4v) is 5.53. The maximum atomic E-state index is 13.3. The molecule has 0 aliphatic carbocycles. The van der Waals surface area contributed by atoms with E-state index in [2.05, 4.69) is 20.5 Å². The van der Waals surface area contributed by atoms with Gasteiger partial charge in [-0.05, 0) is 29.8 Å². The molecule has 5 aromatic rings. The standard InChI is InChI=1S/C26H19N5O3S2/c27-25-30-31-26(36-25)35-22(16-6-2-1-3-7-16)23(32)28-17-12-10-15(11-13-17)21-14-19(24(33)34)18-8-4-5-9-20(18)29-21/h1-14,22H,(H2,27,30)(H,28,32)(H,33,34). The number of anilines is 2. The van der Waals surface area contributed by atoms with E-state index in [4.69, 9.17) is 5.73 Å². The van der Waals surface area contributed by atoms with Crippen LogP contribution in [0.5, 0.6) is 0 Å². The monoisotopic (exact) mass is 513 g/mol. The first kappa shape index (κ1) is 23.5. The first-order valence-electron chi connectivity index (χ1n) is 10.8. The third-order valence-corrected chi connectivity index (χ3v) is 7.47. The Hall–Kier alpha value is -4.28. The summed E-state index contributed by atoms with van der Waals surface area (Å²) < 4.78 is 0.600. The number of carbonyl (C=O) groups is 2. The van der Waals surface area contributed by atoms with Crippen molar-refractivity contribution in [1.29, 1.82) is 0 Å². The molecule has 0 bridgehead atoms. The number of rotatable bonds is 7. The predicted molar refractivity (Wildman–Crippen MR) is 142 cm³/mol. The summed E-state index contributed by atoms with van der Waals surface area (Å²) in [7, 11) is 0. The minimum atomic E-state index is -1.01. The van der Waals surface area contributed by atoms with Crippen LogP contribution in [0.1, 0.15) is 21.2 Å². The molecule has 2 heterocycles. The van der Waals surface area contributed by atoms with Crippen molar-refractivity contribution < 1.29 is 14.7 Å². The fourth-order valence-electron chi connectivity index (χ4n) is 3.70. The van der Waals surface area contributed by atoms with Gasteiger partial charge in [-0.1, -0.05) is 83.8 Å². The van der Waals surface area contributed by atoms with Gasteiger partial charge >= 0.3 is 5.97 Å². The summed E-state index contributed by atoms with van der Waals surface area (Å²) in [6.45, 7) is 0. The lowest BCUT2D eigenvalue weighted by atomic mass is 10.0. The fraction of sp³-hybridized carbons (Fsp3) is 0.0385. The number of pyridine rings is 1. The number of aromatic carboxylic acids is 1. The van der Waals surface area contributed by atoms with Gasteiger partial charge in [0.25, 0.3) is 0 Å². The molecule has 0 aliphatic heterocycles. The maximum absolute atomic E-state index is 13.3. The molecular formula is C26H19N5O3S2. The molecule has 178 valence electrons. The molecular weight excluding hydrogens is 494 g/mol. The number of nitrogen functional groups attached to an aromatic ring is 1. The molecule has 0 saturated heterocycles. The zero-order chi connectivity index (χ0) is 25.1. The number of aromatic nitrogens is 3. The van der Waals surface area contributed by atoms with E-state index >= 15 is 0 Å². The van der Waals surface area contributed by atoms with Crippen molar-refractivity contribution in [1.82, 2.24) is 15.2 Å². The number of nitrogens with zero attached hydrogens (tertiary/aromatic N) is 3. The Labute approximate surface area is 214 Å². The van der Waals surface area contributed by atoms with E-state index in [1.807, 2.05) is 36.4 Å². The molecule has 2 aromatic heterocycles. The number of nitrogens with one attached hydrogen (secondary N) is 1. The van der Waals surface area contributed by atoms with Crippen molar-refractivity contribution in [3.63, 3.8) is 0 Å². The molecule has 1 unspecified atom stereocenters. The van der Waals surface area contributed by atoms with Gasteiger partial charge in [0.05, 0.1) is 16.8 Å². The van der Waals surface area contributed by atoms with Gasteiger partial charge in [-0.25, -0.2) is 9.78 Å². The minimum Gasteiger partial charge on any atom is -0.478 e. The van der Waals surface area contributed by atoms with Crippen LogP contribution in [-0.4, -0.2) is 32.2 Å². The molecule has 3 aromatic carbocycles. The van der Waals surface area contributed by atoms with E-state index in [1.165, 1.54) is 23.1 Å². The molecule has 1 atom stereocenters. The number of hydrogen-bond acceptors (Lipinski definition) is 8. The van der Waals surface area contributed by atoms with Crippen LogP contribution in [0.2, 0.25) is 0 Å². The number of para-hydroxylation sites is 1. The molecule has 8 nitrogen and oxygen atoms in total. The van der Waals surface area contributed by atoms with Crippen molar-refractivity contribution >= 4 is 56.7 Å². The van der Waals surface area contributed by atoms with Gasteiger partial charge < -0.3 is 16.2 Å². The molecule has 36 heavy (non-hydrogen) atoms. The molecule has 0 saturated carbocycles. The minimum absolute atomic E-state index is 0.188. The highest BCUT2D eigenvalue weighted by Gasteiger charge is 2.24. The average Bonchev–Trinajstić information content (AvgIpc) is 3.32. The smallest absolute Gasteiger partial charge is 0.336 e. The van der Waals surface area contributed by atoms with E-state index in [-0.39, 0.29) is 11.5 Å². The van der Waals surface area contributed by atoms with Crippen LogP contribution < -0.4 is 11.1 Å². The molecule has 10 heteroatoms. The zero-order valence-corrected chi connectivity index (χ0v) is 20.3. The maximum Gasteiger partial charge on any atom is 0.336 e. The van der Waals surface area contributed by atoms with E-state index < -0.39 is 11.2 Å². The Morgan fingerprint density at radius 2 is 1.67 bits per heavy atom. The van der Waals surface area contributed by atoms with Crippen LogP contribution in [0.15, 0.2) is 89.3 Å². The molecule has 0 radical (unpaired) electrons. The Morgan fingerprint density at radius 3 is 2.36 bits per heavy atom. The van der Waals surface area contributed by atoms with Crippen molar-refractivity contribution in [3.05, 3.63) is 96.1 Å². The number of amides is 1. The lowest BCUT2D eigenvalue weighted by Gasteiger charge is -2.16. The molecule has 0 spiro atoms. The molecule has 5 rings (SSSR count). The first-order valence-corrected chi connectivity index (χ1v) is 12.5. The van der Waals surface area contributed by atoms with Crippen LogP contribution in [0.25, 0.3) is 22.2 Å². The van der Waals surface area contributed by atoms with Crippen LogP contribution in [0, 0.1) is 0 Å². The molecule has 1 amide bonds. The van der Waals surface area contributed by atoms with Gasteiger partial charge in [0.2, 0.25) is 11.0 Å². The van der Waals surface area contributed by atoms with Gasteiger partial charge in [0, 0.05) is 16.6 Å². The summed E-state index contributed by atoms with van der Waals surface area (Å²) in [6.07, 6.45) is 0. The van der Waals surface area contributed by atoms with E-state index in [0.717, 1.165) is 11.1 Å². The highest BCUT2D eigenvalue weighted by atomic mass is 32.2. The molecule has 0 fully saturated rings. The second-order valence-corrected chi connectivity index (χ2v) is 10.1. The summed E-state index contributed by atoms with van der Waals surface area (Å²) in [5.74, 6) is -1.23. The average molecular weight is 514 g/mol. The lowest BCUT2D eigenvalue weighted by molar-refractivity contribution is -0.115. The molecule has 0 aliphatic rings. The number of carboxylic acid groups (broad SMARTS) is 1. The Balaban J connectivity index is 1.39.